The van der Waals surface area contributed by atoms with E-state index in [1.54, 1.807) is 6.92 Å². The van der Waals surface area contributed by atoms with Gasteiger partial charge in [0, 0.05) is 39.0 Å². The van der Waals surface area contributed by atoms with Crippen LogP contribution >= 0.6 is 0 Å². The van der Waals surface area contributed by atoms with E-state index in [-0.39, 0.29) is 5.91 Å². The van der Waals surface area contributed by atoms with Crippen LogP contribution in [0.2, 0.25) is 0 Å². The molecule has 1 fully saturated rings. The van der Waals surface area contributed by atoms with Crippen molar-refractivity contribution in [2.24, 2.45) is 0 Å². The number of carbonyl (C=O) groups excluding carboxylic acids is 1. The van der Waals surface area contributed by atoms with Crippen LogP contribution in [0.25, 0.3) is 0 Å². The first-order valence-corrected chi connectivity index (χ1v) is 6.39. The summed E-state index contributed by atoms with van der Waals surface area (Å²) in [6.07, 6.45) is 2.13. The van der Waals surface area contributed by atoms with Crippen LogP contribution in [0.1, 0.15) is 37.2 Å². The summed E-state index contributed by atoms with van der Waals surface area (Å²) in [5.74, 6) is 2.10. The third-order valence-corrected chi connectivity index (χ3v) is 3.40. The molecule has 5 nitrogen and oxygen atoms in total. The lowest BCUT2D eigenvalue weighted by atomic mass is 9.94. The van der Waals surface area contributed by atoms with Gasteiger partial charge in [-0.05, 0) is 19.8 Å². The molecule has 1 atom stereocenters. The Kier molecular flexibility index (Phi) is 3.79. The molecule has 1 aromatic rings. The van der Waals surface area contributed by atoms with Crippen LogP contribution in [0.3, 0.4) is 0 Å². The predicted molar refractivity (Wildman–Crippen MR) is 70.5 cm³/mol. The molecule has 0 bridgehead atoms. The number of hydrogen-bond donors (Lipinski definition) is 1. The average molecular weight is 248 g/mol. The van der Waals surface area contributed by atoms with Crippen LogP contribution in [0.4, 0.5) is 5.82 Å². The zero-order valence-corrected chi connectivity index (χ0v) is 11.2. The van der Waals surface area contributed by atoms with Crippen molar-refractivity contribution in [3.8, 4) is 0 Å². The van der Waals surface area contributed by atoms with E-state index in [4.69, 9.17) is 0 Å². The standard InChI is InChI=1S/C13H20N4O/c1-9-15-12(7-13(14-3)16-9)11-5-4-6-17(8-11)10(2)18/h7,11H,4-6,8H2,1-3H3,(H,14,15,16)/t11-/m0/s1. The van der Waals surface area contributed by atoms with Crippen molar-refractivity contribution in [1.82, 2.24) is 14.9 Å². The second-order valence-corrected chi connectivity index (χ2v) is 4.78. The van der Waals surface area contributed by atoms with Crippen LogP contribution in [-0.2, 0) is 4.79 Å². The molecule has 0 aliphatic carbocycles. The number of carbonyl (C=O) groups is 1. The van der Waals surface area contributed by atoms with Crippen LogP contribution in [0, 0.1) is 6.92 Å². The van der Waals surface area contributed by atoms with E-state index in [1.165, 1.54) is 0 Å². The van der Waals surface area contributed by atoms with Crippen molar-refractivity contribution < 1.29 is 4.79 Å². The van der Waals surface area contributed by atoms with Gasteiger partial charge >= 0.3 is 0 Å². The van der Waals surface area contributed by atoms with Gasteiger partial charge in [0.25, 0.3) is 0 Å². The molecule has 0 saturated carbocycles. The van der Waals surface area contributed by atoms with Gasteiger partial charge in [0.15, 0.2) is 0 Å². The predicted octanol–water partition coefficient (Wildman–Crippen LogP) is 1.55. The number of amides is 1. The maximum absolute atomic E-state index is 11.4. The average Bonchev–Trinajstić information content (AvgIpc) is 2.38. The number of nitrogens with one attached hydrogen (secondary N) is 1. The highest BCUT2D eigenvalue weighted by Gasteiger charge is 2.24. The van der Waals surface area contributed by atoms with E-state index < -0.39 is 0 Å². The van der Waals surface area contributed by atoms with E-state index in [1.807, 2.05) is 24.9 Å². The molecule has 2 heterocycles. The maximum atomic E-state index is 11.4. The van der Waals surface area contributed by atoms with Crippen LogP contribution in [0.15, 0.2) is 6.07 Å². The first-order chi connectivity index (χ1) is 8.60. The highest BCUT2D eigenvalue weighted by atomic mass is 16.2. The number of piperidine rings is 1. The molecule has 0 unspecified atom stereocenters. The molecule has 1 aromatic heterocycles. The van der Waals surface area contributed by atoms with Gasteiger partial charge in [0.05, 0.1) is 5.69 Å². The zero-order valence-electron chi connectivity index (χ0n) is 11.2. The van der Waals surface area contributed by atoms with Crippen LogP contribution < -0.4 is 5.32 Å². The molecule has 5 heteroatoms. The summed E-state index contributed by atoms with van der Waals surface area (Å²) in [7, 11) is 1.86. The molecule has 18 heavy (non-hydrogen) atoms. The van der Waals surface area contributed by atoms with Crippen molar-refractivity contribution >= 4 is 11.7 Å². The Labute approximate surface area is 108 Å². The van der Waals surface area contributed by atoms with Gasteiger partial charge in [-0.15, -0.1) is 0 Å². The van der Waals surface area contributed by atoms with Crippen molar-refractivity contribution in [3.63, 3.8) is 0 Å². The Hall–Kier alpha value is -1.65. The summed E-state index contributed by atoms with van der Waals surface area (Å²) >= 11 is 0. The summed E-state index contributed by atoms with van der Waals surface area (Å²) in [6, 6.07) is 1.99. The van der Waals surface area contributed by atoms with E-state index in [0.717, 1.165) is 43.3 Å². The first-order valence-electron chi connectivity index (χ1n) is 6.39. The van der Waals surface area contributed by atoms with Gasteiger partial charge in [-0.3, -0.25) is 4.79 Å². The molecule has 1 N–H and O–H groups in total. The Morgan fingerprint density at radius 3 is 2.94 bits per heavy atom. The maximum Gasteiger partial charge on any atom is 0.219 e. The second-order valence-electron chi connectivity index (χ2n) is 4.78. The largest absolute Gasteiger partial charge is 0.373 e. The SMILES string of the molecule is CNc1cc([C@H]2CCCN(C(C)=O)C2)nc(C)n1. The molecule has 0 spiro atoms. The fraction of sp³-hybridized carbons (Fsp3) is 0.615. The molecule has 1 saturated heterocycles. The van der Waals surface area contributed by atoms with Gasteiger partial charge in [-0.25, -0.2) is 9.97 Å². The minimum absolute atomic E-state index is 0.152. The van der Waals surface area contributed by atoms with Gasteiger partial charge in [0.2, 0.25) is 5.91 Å². The lowest BCUT2D eigenvalue weighted by Crippen LogP contribution is -2.37. The Balaban J connectivity index is 2.20. The quantitative estimate of drug-likeness (QED) is 0.862. The van der Waals surface area contributed by atoms with Gasteiger partial charge in [-0.2, -0.15) is 0 Å². The van der Waals surface area contributed by atoms with Crippen molar-refractivity contribution in [3.05, 3.63) is 17.6 Å². The molecular formula is C13H20N4O. The fourth-order valence-electron chi connectivity index (χ4n) is 2.43. The molecule has 0 aromatic carbocycles. The number of hydrogen-bond acceptors (Lipinski definition) is 4. The number of aromatic nitrogens is 2. The number of anilines is 1. The zero-order chi connectivity index (χ0) is 13.1. The molecule has 1 aliphatic heterocycles. The van der Waals surface area contributed by atoms with Crippen LogP contribution in [-0.4, -0.2) is 40.9 Å². The van der Waals surface area contributed by atoms with Gasteiger partial charge in [-0.1, -0.05) is 0 Å². The fourth-order valence-corrected chi connectivity index (χ4v) is 2.43. The van der Waals surface area contributed by atoms with E-state index in [9.17, 15) is 4.79 Å². The molecule has 1 aliphatic rings. The number of rotatable bonds is 2. The third-order valence-electron chi connectivity index (χ3n) is 3.40. The van der Waals surface area contributed by atoms with Gasteiger partial charge in [0.1, 0.15) is 11.6 Å². The van der Waals surface area contributed by atoms with Crippen molar-refractivity contribution in [1.29, 1.82) is 0 Å². The first kappa shape index (κ1) is 12.8. The normalized spacial score (nSPS) is 19.7. The second kappa shape index (κ2) is 5.33. The summed E-state index contributed by atoms with van der Waals surface area (Å²) < 4.78 is 0. The summed E-state index contributed by atoms with van der Waals surface area (Å²) in [4.78, 5) is 22.2. The lowest BCUT2D eigenvalue weighted by Gasteiger charge is -2.31. The van der Waals surface area contributed by atoms with E-state index in [2.05, 4.69) is 15.3 Å². The van der Waals surface area contributed by atoms with Crippen LogP contribution in [0.5, 0.6) is 0 Å². The Morgan fingerprint density at radius 1 is 1.50 bits per heavy atom. The summed E-state index contributed by atoms with van der Waals surface area (Å²) in [6.45, 7) is 5.17. The number of likely N-dealkylation sites (tertiary alicyclic amines) is 1. The lowest BCUT2D eigenvalue weighted by molar-refractivity contribution is -0.130. The summed E-state index contributed by atoms with van der Waals surface area (Å²) in [5.41, 5.74) is 1.04. The summed E-state index contributed by atoms with van der Waals surface area (Å²) in [5, 5.41) is 3.05. The molecule has 2 rings (SSSR count). The molecule has 98 valence electrons. The third kappa shape index (κ3) is 2.78. The van der Waals surface area contributed by atoms with Crippen molar-refractivity contribution in [2.45, 2.75) is 32.6 Å². The monoisotopic (exact) mass is 248 g/mol. The molecule has 1 amide bonds. The van der Waals surface area contributed by atoms with Crippen molar-refractivity contribution in [2.75, 3.05) is 25.5 Å². The van der Waals surface area contributed by atoms with Gasteiger partial charge < -0.3 is 10.2 Å². The topological polar surface area (TPSA) is 58.1 Å². The molecule has 0 radical (unpaired) electrons. The smallest absolute Gasteiger partial charge is 0.219 e. The number of aryl methyl sites for hydroxylation is 1. The minimum Gasteiger partial charge on any atom is -0.373 e. The highest BCUT2D eigenvalue weighted by Crippen LogP contribution is 2.26. The van der Waals surface area contributed by atoms with E-state index in [0.29, 0.717) is 5.92 Å². The minimum atomic E-state index is 0.152. The Morgan fingerprint density at radius 2 is 2.28 bits per heavy atom. The van der Waals surface area contributed by atoms with E-state index >= 15 is 0 Å². The number of nitrogens with zero attached hydrogens (tertiary/aromatic N) is 3. The molecular weight excluding hydrogens is 228 g/mol. The Bertz CT molecular complexity index is 447. The highest BCUT2D eigenvalue weighted by molar-refractivity contribution is 5.73.